The molecule has 1 rings (SSSR count). The summed E-state index contributed by atoms with van der Waals surface area (Å²) in [7, 11) is 0. The van der Waals surface area contributed by atoms with Gasteiger partial charge in [-0.3, -0.25) is 10.1 Å². The van der Waals surface area contributed by atoms with Gasteiger partial charge in [-0.2, -0.15) is 0 Å². The Bertz CT molecular complexity index is 374. The number of hydrogen-bond acceptors (Lipinski definition) is 3. The van der Waals surface area contributed by atoms with Gasteiger partial charge in [-0.15, -0.1) is 6.58 Å². The molecule has 0 saturated carbocycles. The zero-order valence-corrected chi connectivity index (χ0v) is 7.80. The molecule has 4 nitrogen and oxygen atoms in total. The SMILES string of the molecule is C=CC(O)c1ccc([N+](=O)[O-])c(C)c1. The summed E-state index contributed by atoms with van der Waals surface area (Å²) in [5, 5.41) is 19.9. The predicted octanol–water partition coefficient (Wildman–Crippen LogP) is 2.12. The number of aliphatic hydroxyl groups excluding tert-OH is 1. The Kier molecular flexibility index (Phi) is 2.99. The minimum absolute atomic E-state index is 0.0602. The molecule has 0 radical (unpaired) electrons. The third-order valence-electron chi connectivity index (χ3n) is 1.98. The molecule has 1 unspecified atom stereocenters. The van der Waals surface area contributed by atoms with E-state index in [4.69, 9.17) is 0 Å². The van der Waals surface area contributed by atoms with Crippen molar-refractivity contribution in [2.75, 3.05) is 0 Å². The van der Waals surface area contributed by atoms with Crippen LogP contribution in [0, 0.1) is 17.0 Å². The van der Waals surface area contributed by atoms with Crippen molar-refractivity contribution in [3.8, 4) is 0 Å². The van der Waals surface area contributed by atoms with E-state index in [0.717, 1.165) is 0 Å². The first-order chi connectivity index (χ1) is 6.56. The van der Waals surface area contributed by atoms with E-state index in [1.165, 1.54) is 18.2 Å². The van der Waals surface area contributed by atoms with Crippen LogP contribution in [0.4, 0.5) is 5.69 Å². The van der Waals surface area contributed by atoms with E-state index in [9.17, 15) is 15.2 Å². The van der Waals surface area contributed by atoms with Crippen LogP contribution in [0.5, 0.6) is 0 Å². The van der Waals surface area contributed by atoms with Crippen LogP contribution in [0.15, 0.2) is 30.9 Å². The number of hydrogen-bond donors (Lipinski definition) is 1. The van der Waals surface area contributed by atoms with Crippen LogP contribution in [0.1, 0.15) is 17.2 Å². The van der Waals surface area contributed by atoms with Gasteiger partial charge < -0.3 is 5.11 Å². The van der Waals surface area contributed by atoms with Crippen LogP contribution in [0.25, 0.3) is 0 Å². The number of rotatable bonds is 3. The van der Waals surface area contributed by atoms with Crippen molar-refractivity contribution in [3.05, 3.63) is 52.1 Å². The molecule has 1 aromatic rings. The van der Waals surface area contributed by atoms with E-state index >= 15 is 0 Å². The summed E-state index contributed by atoms with van der Waals surface area (Å²) in [6.07, 6.45) is 0.607. The molecular formula is C10H11NO3. The Morgan fingerprint density at radius 2 is 2.29 bits per heavy atom. The lowest BCUT2D eigenvalue weighted by Gasteiger charge is -2.06. The van der Waals surface area contributed by atoms with Gasteiger partial charge in [0.15, 0.2) is 0 Å². The summed E-state index contributed by atoms with van der Waals surface area (Å²) in [6, 6.07) is 4.50. The highest BCUT2D eigenvalue weighted by molar-refractivity contribution is 5.42. The van der Waals surface area contributed by atoms with Gasteiger partial charge in [0, 0.05) is 11.6 Å². The molecule has 1 aromatic carbocycles. The van der Waals surface area contributed by atoms with Crippen molar-refractivity contribution < 1.29 is 10.0 Å². The first-order valence-corrected chi connectivity index (χ1v) is 4.12. The van der Waals surface area contributed by atoms with E-state index in [0.29, 0.717) is 11.1 Å². The van der Waals surface area contributed by atoms with Crippen molar-refractivity contribution in [2.45, 2.75) is 13.0 Å². The molecule has 74 valence electrons. The molecule has 0 spiro atoms. The Labute approximate surface area is 81.6 Å². The minimum atomic E-state index is -0.769. The quantitative estimate of drug-likeness (QED) is 0.454. The van der Waals surface area contributed by atoms with E-state index in [2.05, 4.69) is 6.58 Å². The molecule has 14 heavy (non-hydrogen) atoms. The number of benzene rings is 1. The third kappa shape index (κ3) is 1.97. The van der Waals surface area contributed by atoms with Crippen molar-refractivity contribution in [1.29, 1.82) is 0 Å². The maximum atomic E-state index is 10.5. The Morgan fingerprint density at radius 1 is 1.64 bits per heavy atom. The first kappa shape index (κ1) is 10.4. The van der Waals surface area contributed by atoms with Gasteiger partial charge >= 0.3 is 0 Å². The van der Waals surface area contributed by atoms with Gasteiger partial charge in [0.05, 0.1) is 11.0 Å². The van der Waals surface area contributed by atoms with Gasteiger partial charge in [0.1, 0.15) is 0 Å². The molecule has 0 aromatic heterocycles. The summed E-state index contributed by atoms with van der Waals surface area (Å²) in [5.74, 6) is 0. The third-order valence-corrected chi connectivity index (χ3v) is 1.98. The zero-order valence-electron chi connectivity index (χ0n) is 7.80. The molecule has 0 aliphatic carbocycles. The second kappa shape index (κ2) is 4.02. The average molecular weight is 193 g/mol. The molecule has 0 heterocycles. The summed E-state index contributed by atoms with van der Waals surface area (Å²) in [4.78, 5) is 10.1. The average Bonchev–Trinajstić information content (AvgIpc) is 2.15. The van der Waals surface area contributed by atoms with Crippen molar-refractivity contribution in [2.24, 2.45) is 0 Å². The summed E-state index contributed by atoms with van der Waals surface area (Å²) < 4.78 is 0. The van der Waals surface area contributed by atoms with Crippen LogP contribution in [0.2, 0.25) is 0 Å². The number of aryl methyl sites for hydroxylation is 1. The van der Waals surface area contributed by atoms with E-state index in [1.54, 1.807) is 13.0 Å². The topological polar surface area (TPSA) is 63.4 Å². The Hall–Kier alpha value is -1.68. The second-order valence-corrected chi connectivity index (χ2v) is 2.98. The largest absolute Gasteiger partial charge is 0.384 e. The molecular weight excluding hydrogens is 182 g/mol. The van der Waals surface area contributed by atoms with Gasteiger partial charge in [0.25, 0.3) is 5.69 Å². The lowest BCUT2D eigenvalue weighted by Crippen LogP contribution is -1.96. The van der Waals surface area contributed by atoms with Gasteiger partial charge in [-0.25, -0.2) is 0 Å². The highest BCUT2D eigenvalue weighted by Crippen LogP contribution is 2.22. The summed E-state index contributed by atoms with van der Waals surface area (Å²) in [5.41, 5.74) is 1.21. The van der Waals surface area contributed by atoms with Gasteiger partial charge in [0.2, 0.25) is 0 Å². The molecule has 0 saturated heterocycles. The summed E-state index contributed by atoms with van der Waals surface area (Å²) in [6.45, 7) is 5.08. The molecule has 1 atom stereocenters. The molecule has 0 aliphatic rings. The molecule has 4 heteroatoms. The second-order valence-electron chi connectivity index (χ2n) is 2.98. The number of aliphatic hydroxyl groups is 1. The monoisotopic (exact) mass is 193 g/mol. The number of nitro groups is 1. The van der Waals surface area contributed by atoms with E-state index in [-0.39, 0.29) is 5.69 Å². The smallest absolute Gasteiger partial charge is 0.272 e. The summed E-state index contributed by atoms with van der Waals surface area (Å²) >= 11 is 0. The molecule has 0 amide bonds. The van der Waals surface area contributed by atoms with Crippen molar-refractivity contribution in [3.63, 3.8) is 0 Å². The van der Waals surface area contributed by atoms with E-state index in [1.807, 2.05) is 0 Å². The van der Waals surface area contributed by atoms with Crippen molar-refractivity contribution in [1.82, 2.24) is 0 Å². The van der Waals surface area contributed by atoms with Gasteiger partial charge in [-0.1, -0.05) is 6.08 Å². The highest BCUT2D eigenvalue weighted by atomic mass is 16.6. The number of nitro benzene ring substituents is 1. The van der Waals surface area contributed by atoms with Crippen LogP contribution in [-0.4, -0.2) is 10.0 Å². The molecule has 0 fully saturated rings. The fraction of sp³-hybridized carbons (Fsp3) is 0.200. The zero-order chi connectivity index (χ0) is 10.7. The minimum Gasteiger partial charge on any atom is -0.384 e. The predicted molar refractivity (Wildman–Crippen MR) is 53.0 cm³/mol. The fourth-order valence-electron chi connectivity index (χ4n) is 1.20. The van der Waals surface area contributed by atoms with Crippen LogP contribution in [0.3, 0.4) is 0 Å². The lowest BCUT2D eigenvalue weighted by molar-refractivity contribution is -0.385. The first-order valence-electron chi connectivity index (χ1n) is 4.12. The maximum Gasteiger partial charge on any atom is 0.272 e. The van der Waals surface area contributed by atoms with Crippen LogP contribution < -0.4 is 0 Å². The lowest BCUT2D eigenvalue weighted by atomic mass is 10.1. The molecule has 0 bridgehead atoms. The van der Waals surface area contributed by atoms with Crippen molar-refractivity contribution >= 4 is 5.69 Å². The standard InChI is InChI=1S/C10H11NO3/c1-3-10(12)8-4-5-9(11(13)14)7(2)6-8/h3-6,10,12H,1H2,2H3. The van der Waals surface area contributed by atoms with E-state index < -0.39 is 11.0 Å². The normalized spacial score (nSPS) is 12.1. The van der Waals surface area contributed by atoms with Crippen LogP contribution >= 0.6 is 0 Å². The Morgan fingerprint density at radius 3 is 2.71 bits per heavy atom. The fourth-order valence-corrected chi connectivity index (χ4v) is 1.20. The maximum absolute atomic E-state index is 10.5. The Balaban J connectivity index is 3.12. The molecule has 0 aliphatic heterocycles. The molecule has 1 N–H and O–H groups in total. The van der Waals surface area contributed by atoms with Crippen LogP contribution in [-0.2, 0) is 0 Å². The highest BCUT2D eigenvalue weighted by Gasteiger charge is 2.12. The van der Waals surface area contributed by atoms with Gasteiger partial charge in [-0.05, 0) is 24.6 Å². The number of nitrogens with zero attached hydrogens (tertiary/aromatic N) is 1.